The predicted molar refractivity (Wildman–Crippen MR) is 86.4 cm³/mol. The van der Waals surface area contributed by atoms with Crippen molar-refractivity contribution in [1.29, 1.82) is 0 Å². The van der Waals surface area contributed by atoms with Gasteiger partial charge in [0.2, 0.25) is 0 Å². The highest BCUT2D eigenvalue weighted by atomic mass is 15.3. The number of aromatic nitrogens is 3. The molecule has 1 aliphatic rings. The maximum Gasteiger partial charge on any atom is 0.138 e. The molecule has 2 heterocycles. The number of nitrogens with zero attached hydrogens (tertiary/aromatic N) is 4. The van der Waals surface area contributed by atoms with Gasteiger partial charge in [-0.15, -0.1) is 0 Å². The highest BCUT2D eigenvalue weighted by Gasteiger charge is 2.36. The SMILES string of the molecule is CCNC(Cc1ncnn1CC)C(C)(C)N1CCCCC1. The van der Waals surface area contributed by atoms with Crippen LogP contribution in [0.2, 0.25) is 0 Å². The van der Waals surface area contributed by atoms with Gasteiger partial charge < -0.3 is 5.32 Å². The van der Waals surface area contributed by atoms with Crippen molar-refractivity contribution < 1.29 is 0 Å². The molecule has 1 atom stereocenters. The third kappa shape index (κ3) is 3.83. The van der Waals surface area contributed by atoms with E-state index in [1.54, 1.807) is 6.33 Å². The molecule has 1 fully saturated rings. The molecule has 2 rings (SSSR count). The van der Waals surface area contributed by atoms with Crippen molar-refractivity contribution >= 4 is 0 Å². The van der Waals surface area contributed by atoms with Crippen LogP contribution in [0.4, 0.5) is 0 Å². The first-order valence-corrected chi connectivity index (χ1v) is 8.44. The fourth-order valence-corrected chi connectivity index (χ4v) is 3.40. The largest absolute Gasteiger partial charge is 0.312 e. The second-order valence-electron chi connectivity index (χ2n) is 6.51. The van der Waals surface area contributed by atoms with Gasteiger partial charge in [0, 0.05) is 24.5 Å². The Labute approximate surface area is 129 Å². The Balaban J connectivity index is 2.12. The third-order valence-corrected chi connectivity index (χ3v) is 4.86. The van der Waals surface area contributed by atoms with Crippen molar-refractivity contribution in [2.45, 2.75) is 71.5 Å². The number of likely N-dealkylation sites (tertiary alicyclic amines) is 1. The number of nitrogens with one attached hydrogen (secondary N) is 1. The van der Waals surface area contributed by atoms with Gasteiger partial charge in [-0.05, 0) is 53.2 Å². The van der Waals surface area contributed by atoms with E-state index in [2.05, 4.69) is 48.0 Å². The average Bonchev–Trinajstić information content (AvgIpc) is 2.95. The summed E-state index contributed by atoms with van der Waals surface area (Å²) < 4.78 is 2.01. The van der Waals surface area contributed by atoms with E-state index in [1.165, 1.54) is 32.4 Å². The molecule has 0 aliphatic carbocycles. The number of aryl methyl sites for hydroxylation is 1. The van der Waals surface area contributed by atoms with Crippen molar-refractivity contribution in [2.24, 2.45) is 0 Å². The standard InChI is InChI=1S/C16H31N5/c1-5-17-14(12-15-18-13-19-21(15)6-2)16(3,4)20-10-8-7-9-11-20/h13-14,17H,5-12H2,1-4H3. The highest BCUT2D eigenvalue weighted by Crippen LogP contribution is 2.25. The molecule has 1 aliphatic heterocycles. The Morgan fingerprint density at radius 1 is 1.24 bits per heavy atom. The van der Waals surface area contributed by atoms with Crippen LogP contribution < -0.4 is 5.32 Å². The summed E-state index contributed by atoms with van der Waals surface area (Å²) in [6.45, 7) is 13.4. The Bertz CT molecular complexity index is 420. The van der Waals surface area contributed by atoms with Gasteiger partial charge in [-0.2, -0.15) is 5.10 Å². The van der Waals surface area contributed by atoms with Crippen LogP contribution >= 0.6 is 0 Å². The fraction of sp³-hybridized carbons (Fsp3) is 0.875. The summed E-state index contributed by atoms with van der Waals surface area (Å²) in [6, 6.07) is 0.398. The average molecular weight is 293 g/mol. The molecule has 21 heavy (non-hydrogen) atoms. The summed E-state index contributed by atoms with van der Waals surface area (Å²) in [7, 11) is 0. The van der Waals surface area contributed by atoms with Gasteiger partial charge >= 0.3 is 0 Å². The Morgan fingerprint density at radius 3 is 2.57 bits per heavy atom. The van der Waals surface area contributed by atoms with Crippen LogP contribution in [0.5, 0.6) is 0 Å². The first kappa shape index (κ1) is 16.4. The lowest BCUT2D eigenvalue weighted by Gasteiger charge is -2.46. The molecule has 0 radical (unpaired) electrons. The zero-order chi connectivity index (χ0) is 15.3. The van der Waals surface area contributed by atoms with Gasteiger partial charge in [0.1, 0.15) is 12.2 Å². The van der Waals surface area contributed by atoms with Gasteiger partial charge in [0.25, 0.3) is 0 Å². The second kappa shape index (κ2) is 7.36. The summed E-state index contributed by atoms with van der Waals surface area (Å²) >= 11 is 0. The van der Waals surface area contributed by atoms with Gasteiger partial charge in [-0.25, -0.2) is 4.98 Å². The Hall–Kier alpha value is -0.940. The van der Waals surface area contributed by atoms with E-state index >= 15 is 0 Å². The summed E-state index contributed by atoms with van der Waals surface area (Å²) in [5.41, 5.74) is 0.140. The molecule has 1 aromatic rings. The maximum atomic E-state index is 4.46. The molecule has 0 aromatic carbocycles. The van der Waals surface area contributed by atoms with Crippen LogP contribution in [0.1, 0.15) is 52.8 Å². The molecular formula is C16H31N5. The van der Waals surface area contributed by atoms with Crippen LogP contribution in [0, 0.1) is 0 Å². The number of hydrogen-bond acceptors (Lipinski definition) is 4. The van der Waals surface area contributed by atoms with E-state index in [9.17, 15) is 0 Å². The topological polar surface area (TPSA) is 46.0 Å². The molecule has 5 nitrogen and oxygen atoms in total. The van der Waals surface area contributed by atoms with Crippen molar-refractivity contribution in [3.8, 4) is 0 Å². The fourth-order valence-electron chi connectivity index (χ4n) is 3.40. The minimum atomic E-state index is 0.140. The molecule has 1 saturated heterocycles. The first-order chi connectivity index (χ1) is 10.1. The van der Waals surface area contributed by atoms with Crippen molar-refractivity contribution in [3.63, 3.8) is 0 Å². The molecule has 0 saturated carbocycles. The van der Waals surface area contributed by atoms with E-state index in [-0.39, 0.29) is 5.54 Å². The van der Waals surface area contributed by atoms with E-state index < -0.39 is 0 Å². The van der Waals surface area contributed by atoms with Crippen molar-refractivity contribution in [3.05, 3.63) is 12.2 Å². The molecule has 0 amide bonds. The number of rotatable bonds is 7. The highest BCUT2D eigenvalue weighted by molar-refractivity contribution is 5.01. The molecule has 1 N–H and O–H groups in total. The predicted octanol–water partition coefficient (Wildman–Crippen LogP) is 2.08. The van der Waals surface area contributed by atoms with Gasteiger partial charge in [0.05, 0.1) is 0 Å². The van der Waals surface area contributed by atoms with E-state index in [1.807, 2.05) is 4.68 Å². The third-order valence-electron chi connectivity index (χ3n) is 4.86. The maximum absolute atomic E-state index is 4.46. The molecule has 0 spiro atoms. The van der Waals surface area contributed by atoms with Crippen LogP contribution in [-0.4, -0.2) is 50.9 Å². The van der Waals surface area contributed by atoms with E-state index in [0.29, 0.717) is 6.04 Å². The summed E-state index contributed by atoms with van der Waals surface area (Å²) in [4.78, 5) is 7.11. The van der Waals surface area contributed by atoms with Crippen molar-refractivity contribution in [2.75, 3.05) is 19.6 Å². The number of likely N-dealkylation sites (N-methyl/N-ethyl adjacent to an activating group) is 1. The first-order valence-electron chi connectivity index (χ1n) is 8.44. The molecule has 1 aromatic heterocycles. The summed E-state index contributed by atoms with van der Waals surface area (Å²) in [6.07, 6.45) is 6.64. The van der Waals surface area contributed by atoms with Gasteiger partial charge in [-0.3, -0.25) is 9.58 Å². The number of hydrogen-bond donors (Lipinski definition) is 1. The minimum Gasteiger partial charge on any atom is -0.312 e. The lowest BCUT2D eigenvalue weighted by atomic mass is 9.87. The normalized spacial score (nSPS) is 18.9. The molecule has 0 bridgehead atoms. The van der Waals surface area contributed by atoms with Crippen LogP contribution in [0.3, 0.4) is 0 Å². The van der Waals surface area contributed by atoms with Gasteiger partial charge in [-0.1, -0.05) is 13.3 Å². The van der Waals surface area contributed by atoms with Crippen LogP contribution in [-0.2, 0) is 13.0 Å². The van der Waals surface area contributed by atoms with E-state index in [0.717, 1.165) is 25.3 Å². The van der Waals surface area contributed by atoms with Crippen LogP contribution in [0.15, 0.2) is 6.33 Å². The quantitative estimate of drug-likeness (QED) is 0.836. The van der Waals surface area contributed by atoms with Gasteiger partial charge in [0.15, 0.2) is 0 Å². The summed E-state index contributed by atoms with van der Waals surface area (Å²) in [5.74, 6) is 1.09. The Kier molecular flexibility index (Phi) is 5.76. The lowest BCUT2D eigenvalue weighted by Crippen LogP contribution is -2.60. The minimum absolute atomic E-state index is 0.140. The lowest BCUT2D eigenvalue weighted by molar-refractivity contribution is 0.0606. The molecular weight excluding hydrogens is 262 g/mol. The van der Waals surface area contributed by atoms with E-state index in [4.69, 9.17) is 0 Å². The zero-order valence-electron chi connectivity index (χ0n) is 14.1. The summed E-state index contributed by atoms with van der Waals surface area (Å²) in [5, 5.41) is 7.99. The number of piperidine rings is 1. The van der Waals surface area contributed by atoms with Crippen LogP contribution in [0.25, 0.3) is 0 Å². The molecule has 120 valence electrons. The molecule has 5 heteroatoms. The molecule has 1 unspecified atom stereocenters. The van der Waals surface area contributed by atoms with Crippen molar-refractivity contribution in [1.82, 2.24) is 25.0 Å². The smallest absolute Gasteiger partial charge is 0.138 e. The zero-order valence-corrected chi connectivity index (χ0v) is 14.1. The Morgan fingerprint density at radius 2 is 1.95 bits per heavy atom. The monoisotopic (exact) mass is 293 g/mol. The second-order valence-corrected chi connectivity index (χ2v) is 6.51.